The number of esters is 1. The second-order valence-corrected chi connectivity index (χ2v) is 5.90. The van der Waals surface area contributed by atoms with Crippen LogP contribution >= 0.6 is 34.8 Å². The largest absolute Gasteiger partial charge is 0.459 e. The molecular weight excluding hydrogens is 389 g/mol. The molecule has 25 heavy (non-hydrogen) atoms. The van der Waals surface area contributed by atoms with Gasteiger partial charge in [-0.3, -0.25) is 5.43 Å². The van der Waals surface area contributed by atoms with E-state index in [0.717, 1.165) is 0 Å². The van der Waals surface area contributed by atoms with Crippen LogP contribution in [0, 0.1) is 11.3 Å². The van der Waals surface area contributed by atoms with E-state index in [-0.39, 0.29) is 18.8 Å². The predicted molar refractivity (Wildman–Crippen MR) is 98.6 cm³/mol. The third kappa shape index (κ3) is 6.63. The Morgan fingerprint density at radius 1 is 1.20 bits per heavy atom. The number of hydrazine groups is 1. The number of hydrogen-bond acceptors (Lipinski definition) is 6. The number of carbonyl (C=O) groups is 1. The Balaban J connectivity index is 2.86. The van der Waals surface area contributed by atoms with Crippen molar-refractivity contribution in [3.8, 4) is 6.07 Å². The number of carbonyl (C=O) groups excluding carboxylic acids is 1. The fourth-order valence-electron chi connectivity index (χ4n) is 1.77. The molecule has 0 aliphatic rings. The maximum absolute atomic E-state index is 12.0. The van der Waals surface area contributed by atoms with Crippen LogP contribution in [0.4, 0.5) is 5.69 Å². The van der Waals surface area contributed by atoms with Gasteiger partial charge in [0.15, 0.2) is 5.57 Å². The minimum atomic E-state index is -0.735. The molecule has 0 aromatic heterocycles. The SMILES string of the molecule is CCOCCOC(=O)/C(C#N)=C(/CC)NNc1c(Cl)cc(Cl)cc1Cl. The lowest BCUT2D eigenvalue weighted by molar-refractivity contribution is -0.140. The molecular formula is C16H18Cl3N3O3. The quantitative estimate of drug-likeness (QED) is 0.209. The zero-order valence-electron chi connectivity index (χ0n) is 13.8. The van der Waals surface area contributed by atoms with Crippen LogP contribution in [-0.4, -0.2) is 25.8 Å². The Morgan fingerprint density at radius 2 is 1.84 bits per heavy atom. The first kappa shape index (κ1) is 21.4. The van der Waals surface area contributed by atoms with Crippen molar-refractivity contribution >= 4 is 46.5 Å². The molecule has 6 nitrogen and oxygen atoms in total. The van der Waals surface area contributed by atoms with Crippen molar-refractivity contribution < 1.29 is 14.3 Å². The van der Waals surface area contributed by atoms with Crippen molar-refractivity contribution in [1.29, 1.82) is 5.26 Å². The molecule has 1 aromatic carbocycles. The van der Waals surface area contributed by atoms with Gasteiger partial charge in [0, 0.05) is 11.6 Å². The molecule has 0 atom stereocenters. The summed E-state index contributed by atoms with van der Waals surface area (Å²) in [6.07, 6.45) is 0.374. The highest BCUT2D eigenvalue weighted by molar-refractivity contribution is 6.41. The van der Waals surface area contributed by atoms with E-state index in [1.54, 1.807) is 6.92 Å². The molecule has 0 saturated heterocycles. The molecule has 0 radical (unpaired) electrons. The maximum atomic E-state index is 12.0. The Bertz CT molecular complexity index is 664. The highest BCUT2D eigenvalue weighted by Crippen LogP contribution is 2.33. The van der Waals surface area contributed by atoms with Gasteiger partial charge >= 0.3 is 5.97 Å². The molecule has 136 valence electrons. The van der Waals surface area contributed by atoms with Crippen molar-refractivity contribution in [1.82, 2.24) is 5.43 Å². The molecule has 1 rings (SSSR count). The first-order valence-electron chi connectivity index (χ1n) is 7.49. The molecule has 0 amide bonds. The molecule has 0 spiro atoms. The van der Waals surface area contributed by atoms with Crippen molar-refractivity contribution in [3.05, 3.63) is 38.5 Å². The van der Waals surface area contributed by atoms with E-state index in [9.17, 15) is 10.1 Å². The number of benzene rings is 1. The third-order valence-electron chi connectivity index (χ3n) is 2.98. The first-order chi connectivity index (χ1) is 11.9. The number of allylic oxidation sites excluding steroid dienone is 1. The fraction of sp³-hybridized carbons (Fsp3) is 0.375. The van der Waals surface area contributed by atoms with E-state index in [4.69, 9.17) is 44.3 Å². The maximum Gasteiger partial charge on any atom is 0.350 e. The van der Waals surface area contributed by atoms with Gasteiger partial charge in [-0.2, -0.15) is 5.26 Å². The Labute approximate surface area is 161 Å². The monoisotopic (exact) mass is 405 g/mol. The van der Waals surface area contributed by atoms with E-state index in [0.29, 0.717) is 39.5 Å². The van der Waals surface area contributed by atoms with E-state index in [1.807, 2.05) is 13.0 Å². The smallest absolute Gasteiger partial charge is 0.350 e. The molecule has 0 bridgehead atoms. The molecule has 0 aliphatic heterocycles. The lowest BCUT2D eigenvalue weighted by atomic mass is 10.2. The first-order valence-corrected chi connectivity index (χ1v) is 8.62. The van der Waals surface area contributed by atoms with Crippen LogP contribution in [0.25, 0.3) is 0 Å². The second kappa shape index (κ2) is 11.1. The number of halogens is 3. The Morgan fingerprint density at radius 3 is 2.36 bits per heavy atom. The number of hydrogen-bond donors (Lipinski definition) is 2. The van der Waals surface area contributed by atoms with Crippen LogP contribution in [0.2, 0.25) is 15.1 Å². The predicted octanol–water partition coefficient (Wildman–Crippen LogP) is 4.33. The molecule has 0 unspecified atom stereocenters. The third-order valence-corrected chi connectivity index (χ3v) is 3.80. The minimum absolute atomic E-state index is 0.0666. The molecule has 1 aromatic rings. The number of ether oxygens (including phenoxy) is 2. The van der Waals surface area contributed by atoms with Gasteiger partial charge in [0.1, 0.15) is 12.7 Å². The molecule has 2 N–H and O–H groups in total. The normalized spacial score (nSPS) is 11.4. The lowest BCUT2D eigenvalue weighted by Gasteiger charge is -2.16. The van der Waals surface area contributed by atoms with Gasteiger partial charge < -0.3 is 14.9 Å². The zero-order valence-corrected chi connectivity index (χ0v) is 16.1. The number of nitrogens with zero attached hydrogens (tertiary/aromatic N) is 1. The summed E-state index contributed by atoms with van der Waals surface area (Å²) in [5, 5.41) is 10.2. The van der Waals surface area contributed by atoms with Crippen LogP contribution in [0.5, 0.6) is 0 Å². The van der Waals surface area contributed by atoms with Crippen LogP contribution in [0.15, 0.2) is 23.4 Å². The summed E-state index contributed by atoms with van der Waals surface area (Å²) in [5.74, 6) is -0.735. The summed E-state index contributed by atoms with van der Waals surface area (Å²) >= 11 is 18.0. The van der Waals surface area contributed by atoms with Gasteiger partial charge in [-0.15, -0.1) is 0 Å². The van der Waals surface area contributed by atoms with Gasteiger partial charge in [0.05, 0.1) is 28.0 Å². The summed E-state index contributed by atoms with van der Waals surface area (Å²) in [6.45, 7) is 4.47. The van der Waals surface area contributed by atoms with Gasteiger partial charge in [0.25, 0.3) is 0 Å². The average Bonchev–Trinajstić information content (AvgIpc) is 2.56. The van der Waals surface area contributed by atoms with E-state index < -0.39 is 5.97 Å². The summed E-state index contributed by atoms with van der Waals surface area (Å²) in [5.41, 5.74) is 6.14. The van der Waals surface area contributed by atoms with E-state index in [1.165, 1.54) is 12.1 Å². The van der Waals surface area contributed by atoms with Crippen LogP contribution in [0.3, 0.4) is 0 Å². The van der Waals surface area contributed by atoms with Crippen LogP contribution in [-0.2, 0) is 14.3 Å². The van der Waals surface area contributed by atoms with Crippen molar-refractivity contribution in [2.75, 3.05) is 25.2 Å². The van der Waals surface area contributed by atoms with Gasteiger partial charge in [-0.25, -0.2) is 4.79 Å². The number of anilines is 1. The average molecular weight is 407 g/mol. The van der Waals surface area contributed by atoms with E-state index >= 15 is 0 Å². The second-order valence-electron chi connectivity index (χ2n) is 4.65. The van der Waals surface area contributed by atoms with Gasteiger partial charge in [0.2, 0.25) is 0 Å². The Kier molecular flexibility index (Phi) is 9.46. The van der Waals surface area contributed by atoms with E-state index in [2.05, 4.69) is 10.9 Å². The van der Waals surface area contributed by atoms with Crippen molar-refractivity contribution in [2.45, 2.75) is 20.3 Å². The number of nitrogens with one attached hydrogen (secondary N) is 2. The number of rotatable bonds is 9. The molecule has 9 heteroatoms. The Hall–Kier alpha value is -1.65. The summed E-state index contributed by atoms with van der Waals surface area (Å²) in [7, 11) is 0. The van der Waals surface area contributed by atoms with Crippen LogP contribution < -0.4 is 10.9 Å². The lowest BCUT2D eigenvalue weighted by Crippen LogP contribution is -2.25. The summed E-state index contributed by atoms with van der Waals surface area (Å²) in [4.78, 5) is 12.0. The highest BCUT2D eigenvalue weighted by atomic mass is 35.5. The molecule has 0 saturated carbocycles. The molecule has 0 fully saturated rings. The minimum Gasteiger partial charge on any atom is -0.459 e. The van der Waals surface area contributed by atoms with Crippen molar-refractivity contribution in [3.63, 3.8) is 0 Å². The molecule has 0 aliphatic carbocycles. The fourth-order valence-corrected chi connectivity index (χ4v) is 2.68. The van der Waals surface area contributed by atoms with Crippen LogP contribution in [0.1, 0.15) is 20.3 Å². The molecule has 0 heterocycles. The highest BCUT2D eigenvalue weighted by Gasteiger charge is 2.17. The van der Waals surface area contributed by atoms with Crippen molar-refractivity contribution in [2.24, 2.45) is 0 Å². The topological polar surface area (TPSA) is 83.4 Å². The summed E-state index contributed by atoms with van der Waals surface area (Å²) < 4.78 is 10.1. The van der Waals surface area contributed by atoms with Gasteiger partial charge in [-0.1, -0.05) is 41.7 Å². The zero-order chi connectivity index (χ0) is 18.8. The summed E-state index contributed by atoms with van der Waals surface area (Å²) in [6, 6.07) is 4.87. The number of nitriles is 1. The standard InChI is InChI=1S/C16H18Cl3N3O3/c1-3-14(11(9-20)16(23)25-6-5-24-4-2)21-22-15-12(18)7-10(17)8-13(15)19/h7-8,21-22H,3-6H2,1-2H3/b14-11-. The van der Waals surface area contributed by atoms with Gasteiger partial charge in [-0.05, 0) is 25.5 Å².